The number of aryl methyl sites for hydroxylation is 1. The summed E-state index contributed by atoms with van der Waals surface area (Å²) in [6, 6.07) is 21.2. The van der Waals surface area contributed by atoms with E-state index in [2.05, 4.69) is 10.3 Å². The summed E-state index contributed by atoms with van der Waals surface area (Å²) < 4.78 is 27.3. The third-order valence-electron chi connectivity index (χ3n) is 6.44. The number of aromatic amines is 1. The van der Waals surface area contributed by atoms with Gasteiger partial charge in [0.2, 0.25) is 9.84 Å². The zero-order valence-electron chi connectivity index (χ0n) is 20.3. The predicted molar refractivity (Wildman–Crippen MR) is 147 cm³/mol. The second kappa shape index (κ2) is 9.96. The molecule has 0 spiro atoms. The molecule has 1 aromatic heterocycles. The van der Waals surface area contributed by atoms with Crippen LogP contribution in [-0.2, 0) is 25.8 Å². The van der Waals surface area contributed by atoms with Crippen LogP contribution in [0.3, 0.4) is 0 Å². The number of carbonyl (C=O) groups excluding carboxylic acids is 1. The molecule has 9 heteroatoms. The molecule has 0 atom stereocenters. The Bertz CT molecular complexity index is 1710. The molecule has 0 radical (unpaired) electrons. The number of hydrogen-bond donors (Lipinski definition) is 3. The van der Waals surface area contributed by atoms with E-state index in [0.29, 0.717) is 38.8 Å². The van der Waals surface area contributed by atoms with E-state index in [1.54, 1.807) is 13.0 Å². The number of aliphatic carboxylic acids is 1. The van der Waals surface area contributed by atoms with Crippen molar-refractivity contribution in [2.75, 3.05) is 5.32 Å². The summed E-state index contributed by atoms with van der Waals surface area (Å²) in [5.74, 6) is -1.39. The average Bonchev–Trinajstić information content (AvgIpc) is 3.38. The third-order valence-corrected chi connectivity index (χ3v) is 8.68. The van der Waals surface area contributed by atoms with E-state index in [-0.39, 0.29) is 28.5 Å². The normalized spacial score (nSPS) is 13.9. The number of benzene rings is 3. The number of amides is 1. The Labute approximate surface area is 224 Å². The van der Waals surface area contributed by atoms with E-state index >= 15 is 0 Å². The highest BCUT2D eigenvalue weighted by Crippen LogP contribution is 2.38. The number of carboxylic acids is 1. The van der Waals surface area contributed by atoms with Gasteiger partial charge in [0.1, 0.15) is 0 Å². The van der Waals surface area contributed by atoms with Crippen LogP contribution >= 0.6 is 11.6 Å². The zero-order valence-corrected chi connectivity index (χ0v) is 21.9. The van der Waals surface area contributed by atoms with Gasteiger partial charge in [0, 0.05) is 34.1 Å². The van der Waals surface area contributed by atoms with Gasteiger partial charge in [0.25, 0.3) is 5.91 Å². The lowest BCUT2D eigenvalue weighted by atomic mass is 9.98. The first-order valence-electron chi connectivity index (χ1n) is 11.8. The van der Waals surface area contributed by atoms with Crippen LogP contribution in [0.15, 0.2) is 82.6 Å². The molecule has 4 aromatic rings. The highest BCUT2D eigenvalue weighted by Gasteiger charge is 2.30. The van der Waals surface area contributed by atoms with Crippen LogP contribution in [0.5, 0.6) is 0 Å². The van der Waals surface area contributed by atoms with Crippen molar-refractivity contribution in [1.29, 1.82) is 0 Å². The highest BCUT2D eigenvalue weighted by molar-refractivity contribution is 7.91. The van der Waals surface area contributed by atoms with Gasteiger partial charge in [0.05, 0.1) is 15.4 Å². The molecule has 192 valence electrons. The standard InChI is InChI=1S/C29H23ClN2O5S/c1-17-28(38(36,37)21-10-8-20(30)9-11-21)22(12-14-27(33)34)26(31-17)16-24-23-15-19(18-5-3-2-4-6-18)7-13-25(23)32-29(24)35/h2-11,13,15-16,31H,12,14H2,1H3,(H,32,35)(H,33,34)/b24-16-. The van der Waals surface area contributed by atoms with Crippen molar-refractivity contribution in [2.24, 2.45) is 0 Å². The van der Waals surface area contributed by atoms with Crippen LogP contribution < -0.4 is 5.32 Å². The molecule has 3 N–H and O–H groups in total. The van der Waals surface area contributed by atoms with Gasteiger partial charge in [-0.3, -0.25) is 9.59 Å². The Morgan fingerprint density at radius 2 is 1.71 bits per heavy atom. The van der Waals surface area contributed by atoms with E-state index in [1.165, 1.54) is 24.3 Å². The lowest BCUT2D eigenvalue weighted by Crippen LogP contribution is -2.08. The van der Waals surface area contributed by atoms with E-state index in [9.17, 15) is 23.1 Å². The van der Waals surface area contributed by atoms with Crippen molar-refractivity contribution in [3.63, 3.8) is 0 Å². The fourth-order valence-corrected chi connectivity index (χ4v) is 6.51. The summed E-state index contributed by atoms with van der Waals surface area (Å²) in [6.45, 7) is 1.62. The topological polar surface area (TPSA) is 116 Å². The molecule has 7 nitrogen and oxygen atoms in total. The van der Waals surface area contributed by atoms with E-state index in [4.69, 9.17) is 11.6 Å². The lowest BCUT2D eigenvalue weighted by Gasteiger charge is -2.09. The smallest absolute Gasteiger partial charge is 0.303 e. The molecule has 1 aliphatic heterocycles. The van der Waals surface area contributed by atoms with Crippen molar-refractivity contribution in [1.82, 2.24) is 4.98 Å². The maximum atomic E-state index is 13.6. The molecule has 38 heavy (non-hydrogen) atoms. The summed E-state index contributed by atoms with van der Waals surface area (Å²) in [5.41, 5.74) is 4.62. The predicted octanol–water partition coefficient (Wildman–Crippen LogP) is 5.99. The lowest BCUT2D eigenvalue weighted by molar-refractivity contribution is -0.137. The maximum Gasteiger partial charge on any atom is 0.303 e. The maximum absolute atomic E-state index is 13.6. The first-order chi connectivity index (χ1) is 18.1. The zero-order chi connectivity index (χ0) is 27.0. The molecule has 0 saturated carbocycles. The van der Waals surface area contributed by atoms with Gasteiger partial charge in [-0.2, -0.15) is 0 Å². The van der Waals surface area contributed by atoms with Gasteiger partial charge in [-0.15, -0.1) is 0 Å². The fraction of sp³-hybridized carbons (Fsp3) is 0.103. The second-order valence-electron chi connectivity index (χ2n) is 8.96. The fourth-order valence-electron chi connectivity index (χ4n) is 4.67. The number of sulfone groups is 1. The first-order valence-corrected chi connectivity index (χ1v) is 13.7. The van der Waals surface area contributed by atoms with Gasteiger partial charge < -0.3 is 15.4 Å². The van der Waals surface area contributed by atoms with Crippen LogP contribution in [-0.4, -0.2) is 30.4 Å². The van der Waals surface area contributed by atoms with Crippen LogP contribution in [0, 0.1) is 6.92 Å². The Morgan fingerprint density at radius 1 is 1.00 bits per heavy atom. The number of H-pyrrole nitrogens is 1. The Hall–Kier alpha value is -4.14. The van der Waals surface area contributed by atoms with E-state index in [1.807, 2.05) is 48.5 Å². The van der Waals surface area contributed by atoms with Crippen molar-refractivity contribution in [3.05, 3.63) is 100 Å². The SMILES string of the molecule is Cc1[nH]c(/C=C2\C(=O)Nc3ccc(-c4ccccc4)cc32)c(CCC(=O)O)c1S(=O)(=O)c1ccc(Cl)cc1. The number of rotatable bonds is 7. The minimum atomic E-state index is -4.01. The quantitative estimate of drug-likeness (QED) is 0.246. The highest BCUT2D eigenvalue weighted by atomic mass is 35.5. The molecular formula is C29H23ClN2O5S. The molecule has 0 unspecified atom stereocenters. The van der Waals surface area contributed by atoms with E-state index in [0.717, 1.165) is 11.1 Å². The molecule has 1 aliphatic rings. The molecule has 1 amide bonds. The van der Waals surface area contributed by atoms with Crippen LogP contribution in [0.2, 0.25) is 5.02 Å². The summed E-state index contributed by atoms with van der Waals surface area (Å²) in [6.07, 6.45) is 1.28. The largest absolute Gasteiger partial charge is 0.481 e. The third kappa shape index (κ3) is 4.76. The number of halogens is 1. The molecule has 3 aromatic carbocycles. The van der Waals surface area contributed by atoms with Crippen molar-refractivity contribution in [3.8, 4) is 11.1 Å². The van der Waals surface area contributed by atoms with Crippen LogP contribution in [0.4, 0.5) is 5.69 Å². The number of hydrogen-bond acceptors (Lipinski definition) is 4. The molecule has 0 saturated heterocycles. The van der Waals surface area contributed by atoms with Crippen molar-refractivity contribution in [2.45, 2.75) is 29.6 Å². The summed E-state index contributed by atoms with van der Waals surface area (Å²) in [5, 5.41) is 12.6. The Morgan fingerprint density at radius 3 is 2.39 bits per heavy atom. The van der Waals surface area contributed by atoms with Gasteiger partial charge >= 0.3 is 5.97 Å². The van der Waals surface area contributed by atoms with Crippen LogP contribution in [0.1, 0.15) is 28.9 Å². The van der Waals surface area contributed by atoms with Gasteiger partial charge in [-0.1, -0.05) is 48.0 Å². The van der Waals surface area contributed by atoms with Gasteiger partial charge in [0.15, 0.2) is 0 Å². The minimum Gasteiger partial charge on any atom is -0.481 e. The average molecular weight is 547 g/mol. The first kappa shape index (κ1) is 25.5. The Kier molecular flexibility index (Phi) is 6.69. The van der Waals surface area contributed by atoms with Gasteiger partial charge in [-0.25, -0.2) is 8.42 Å². The summed E-state index contributed by atoms with van der Waals surface area (Å²) >= 11 is 5.95. The number of fused-ring (bicyclic) bond motifs is 1. The number of aromatic nitrogens is 1. The number of carboxylic acid groups (broad SMARTS) is 1. The molecule has 0 bridgehead atoms. The van der Waals surface area contributed by atoms with Crippen LogP contribution in [0.25, 0.3) is 22.8 Å². The minimum absolute atomic E-state index is 0.00425. The number of anilines is 1. The number of carbonyl (C=O) groups is 2. The monoisotopic (exact) mass is 546 g/mol. The Balaban J connectivity index is 1.65. The summed E-state index contributed by atoms with van der Waals surface area (Å²) in [4.78, 5) is 27.6. The van der Waals surface area contributed by atoms with Crippen molar-refractivity contribution >= 4 is 50.7 Å². The number of nitrogens with one attached hydrogen (secondary N) is 2. The molecule has 5 rings (SSSR count). The molecule has 0 aliphatic carbocycles. The second-order valence-corrected chi connectivity index (χ2v) is 11.3. The van der Waals surface area contributed by atoms with Gasteiger partial charge in [-0.05, 0) is 72.5 Å². The molecule has 0 fully saturated rings. The van der Waals surface area contributed by atoms with E-state index < -0.39 is 15.8 Å². The molecular weight excluding hydrogens is 524 g/mol. The molecule has 2 heterocycles. The van der Waals surface area contributed by atoms with Crippen molar-refractivity contribution < 1.29 is 23.1 Å². The summed E-state index contributed by atoms with van der Waals surface area (Å²) in [7, 11) is -4.01.